The molecule has 1 unspecified atom stereocenters. The molecule has 1 atom stereocenters. The lowest BCUT2D eigenvalue weighted by Crippen LogP contribution is -2.47. The fourth-order valence-electron chi connectivity index (χ4n) is 1.46. The summed E-state index contributed by atoms with van der Waals surface area (Å²) in [6.07, 6.45) is -0.651. The van der Waals surface area contributed by atoms with Crippen molar-refractivity contribution < 1.29 is 18.7 Å². The van der Waals surface area contributed by atoms with Crippen molar-refractivity contribution in [3.05, 3.63) is 0 Å². The van der Waals surface area contributed by atoms with Crippen molar-refractivity contribution in [3.8, 4) is 0 Å². The largest absolute Gasteiger partial charge is 0.464 e. The predicted octanol–water partition coefficient (Wildman–Crippen LogP) is 1.34. The Morgan fingerprint density at radius 3 is 2.77 bits per heavy atom. The summed E-state index contributed by atoms with van der Waals surface area (Å²) in [5, 5.41) is 8.21. The lowest BCUT2D eigenvalue weighted by molar-refractivity contribution is -0.0455. The van der Waals surface area contributed by atoms with Crippen LogP contribution in [0, 0.1) is 0 Å². The quantitative estimate of drug-likeness (QED) is 0.581. The van der Waals surface area contributed by atoms with Gasteiger partial charge in [-0.1, -0.05) is 0 Å². The summed E-state index contributed by atoms with van der Waals surface area (Å²) >= 11 is 0. The molecule has 0 aromatic heterocycles. The third kappa shape index (κ3) is 3.54. The number of hydrazine groups is 1. The van der Waals surface area contributed by atoms with Gasteiger partial charge >= 0.3 is 6.09 Å². The standard InChI is InChI=1S/C7H12F2N2O2/c8-7(9)3-1-2-5(4-7)10-11-6(12)13/h5,10-11H,1-4H2,(H,12,13). The summed E-state index contributed by atoms with van der Waals surface area (Å²) in [5.41, 5.74) is 4.23. The molecule has 3 N–H and O–H groups in total. The first-order valence-electron chi connectivity index (χ1n) is 4.12. The monoisotopic (exact) mass is 194 g/mol. The van der Waals surface area contributed by atoms with Crippen LogP contribution in [-0.2, 0) is 0 Å². The molecule has 1 rings (SSSR count). The van der Waals surface area contributed by atoms with Gasteiger partial charge in [0.15, 0.2) is 0 Å². The number of alkyl halides is 2. The van der Waals surface area contributed by atoms with Crippen molar-refractivity contribution in [2.24, 2.45) is 0 Å². The van der Waals surface area contributed by atoms with Gasteiger partial charge < -0.3 is 5.11 Å². The van der Waals surface area contributed by atoms with E-state index >= 15 is 0 Å². The smallest absolute Gasteiger partial charge is 0.419 e. The zero-order valence-electron chi connectivity index (χ0n) is 7.02. The highest BCUT2D eigenvalue weighted by Crippen LogP contribution is 2.32. The molecule has 0 saturated heterocycles. The van der Waals surface area contributed by atoms with Crippen LogP contribution in [0.15, 0.2) is 0 Å². The topological polar surface area (TPSA) is 61.4 Å². The van der Waals surface area contributed by atoms with Gasteiger partial charge in [-0.3, -0.25) is 5.43 Å². The minimum absolute atomic E-state index is 0.0990. The van der Waals surface area contributed by atoms with Crippen LogP contribution in [-0.4, -0.2) is 23.2 Å². The third-order valence-corrected chi connectivity index (χ3v) is 2.02. The Morgan fingerprint density at radius 1 is 1.54 bits per heavy atom. The summed E-state index contributed by atoms with van der Waals surface area (Å²) < 4.78 is 25.5. The molecule has 1 aliphatic rings. The molecule has 1 aliphatic carbocycles. The normalized spacial score (nSPS) is 26.8. The van der Waals surface area contributed by atoms with Crippen LogP contribution in [0.5, 0.6) is 0 Å². The minimum atomic E-state index is -2.66. The molecule has 0 spiro atoms. The number of nitrogens with one attached hydrogen (secondary N) is 2. The SMILES string of the molecule is O=C(O)NNC1CCCC(F)(F)C1. The van der Waals surface area contributed by atoms with Crippen LogP contribution < -0.4 is 10.9 Å². The van der Waals surface area contributed by atoms with Gasteiger partial charge in [0.25, 0.3) is 0 Å². The average Bonchev–Trinajstić information content (AvgIpc) is 1.99. The molecular formula is C7H12F2N2O2. The Bertz CT molecular complexity index is 199. The van der Waals surface area contributed by atoms with Crippen LogP contribution in [0.2, 0.25) is 0 Å². The van der Waals surface area contributed by atoms with Crippen LogP contribution in [0.25, 0.3) is 0 Å². The van der Waals surface area contributed by atoms with Crippen molar-refractivity contribution in [3.63, 3.8) is 0 Å². The Balaban J connectivity index is 2.30. The number of carboxylic acid groups (broad SMARTS) is 1. The predicted molar refractivity (Wildman–Crippen MR) is 41.5 cm³/mol. The zero-order chi connectivity index (χ0) is 9.90. The van der Waals surface area contributed by atoms with E-state index in [0.29, 0.717) is 12.8 Å². The molecule has 0 aromatic carbocycles. The van der Waals surface area contributed by atoms with Gasteiger partial charge in [0.2, 0.25) is 5.92 Å². The van der Waals surface area contributed by atoms with Crippen LogP contribution in [0.3, 0.4) is 0 Å². The van der Waals surface area contributed by atoms with E-state index in [4.69, 9.17) is 5.11 Å². The van der Waals surface area contributed by atoms with Crippen molar-refractivity contribution in [1.82, 2.24) is 10.9 Å². The molecule has 13 heavy (non-hydrogen) atoms. The average molecular weight is 194 g/mol. The van der Waals surface area contributed by atoms with E-state index in [2.05, 4.69) is 5.43 Å². The third-order valence-electron chi connectivity index (χ3n) is 2.02. The van der Waals surface area contributed by atoms with Gasteiger partial charge in [0.1, 0.15) is 0 Å². The fraction of sp³-hybridized carbons (Fsp3) is 0.857. The second kappa shape index (κ2) is 3.87. The van der Waals surface area contributed by atoms with Crippen molar-refractivity contribution in [2.75, 3.05) is 0 Å². The molecule has 1 fully saturated rings. The van der Waals surface area contributed by atoms with Gasteiger partial charge in [0.05, 0.1) is 0 Å². The number of carbonyl (C=O) groups is 1. The maximum absolute atomic E-state index is 12.8. The highest BCUT2D eigenvalue weighted by Gasteiger charge is 2.36. The first kappa shape index (κ1) is 10.2. The van der Waals surface area contributed by atoms with Crippen molar-refractivity contribution >= 4 is 6.09 Å². The van der Waals surface area contributed by atoms with Gasteiger partial charge in [0, 0.05) is 18.9 Å². The molecule has 1 saturated carbocycles. The zero-order valence-corrected chi connectivity index (χ0v) is 7.02. The molecule has 6 heteroatoms. The Hall–Kier alpha value is -0.910. The van der Waals surface area contributed by atoms with Crippen LogP contribution in [0.1, 0.15) is 25.7 Å². The molecule has 1 amide bonds. The summed E-state index contributed by atoms with van der Waals surface area (Å²) in [4.78, 5) is 10.0. The van der Waals surface area contributed by atoms with Gasteiger partial charge in [-0.05, 0) is 12.8 Å². The molecule has 0 aromatic rings. The maximum atomic E-state index is 12.8. The number of hydrogen-bond donors (Lipinski definition) is 3. The van der Waals surface area contributed by atoms with Crippen molar-refractivity contribution in [1.29, 1.82) is 0 Å². The molecular weight excluding hydrogens is 182 g/mol. The second-order valence-electron chi connectivity index (χ2n) is 3.22. The van der Waals surface area contributed by atoms with Gasteiger partial charge in [-0.2, -0.15) is 0 Å². The van der Waals surface area contributed by atoms with E-state index in [0.717, 1.165) is 0 Å². The maximum Gasteiger partial charge on any atom is 0.419 e. The summed E-state index contributed by atoms with van der Waals surface area (Å²) in [5.74, 6) is -2.66. The van der Waals surface area contributed by atoms with Crippen LogP contribution in [0.4, 0.5) is 13.6 Å². The highest BCUT2D eigenvalue weighted by atomic mass is 19.3. The van der Waals surface area contributed by atoms with Gasteiger partial charge in [-0.25, -0.2) is 19.0 Å². The van der Waals surface area contributed by atoms with E-state index in [1.807, 2.05) is 5.43 Å². The summed E-state index contributed by atoms with van der Waals surface area (Å²) in [7, 11) is 0. The highest BCUT2D eigenvalue weighted by molar-refractivity contribution is 5.63. The number of halogens is 2. The van der Waals surface area contributed by atoms with E-state index < -0.39 is 18.1 Å². The van der Waals surface area contributed by atoms with E-state index in [9.17, 15) is 13.6 Å². The first-order valence-corrected chi connectivity index (χ1v) is 4.12. The molecule has 76 valence electrons. The molecule has 4 nitrogen and oxygen atoms in total. The van der Waals surface area contributed by atoms with E-state index in [-0.39, 0.29) is 12.8 Å². The molecule has 0 bridgehead atoms. The molecule has 0 heterocycles. The summed E-state index contributed by atoms with van der Waals surface area (Å²) in [6, 6.07) is -0.458. The van der Waals surface area contributed by atoms with E-state index in [1.54, 1.807) is 0 Å². The minimum Gasteiger partial charge on any atom is -0.464 e. The van der Waals surface area contributed by atoms with Gasteiger partial charge in [-0.15, -0.1) is 0 Å². The molecule has 0 aliphatic heterocycles. The lowest BCUT2D eigenvalue weighted by Gasteiger charge is -2.29. The number of amides is 1. The Kier molecular flexibility index (Phi) is 3.02. The van der Waals surface area contributed by atoms with E-state index in [1.165, 1.54) is 0 Å². The lowest BCUT2D eigenvalue weighted by atomic mass is 9.93. The Morgan fingerprint density at radius 2 is 2.23 bits per heavy atom. The second-order valence-corrected chi connectivity index (χ2v) is 3.22. The van der Waals surface area contributed by atoms with Crippen molar-refractivity contribution in [2.45, 2.75) is 37.6 Å². The number of rotatable bonds is 2. The fourth-order valence-corrected chi connectivity index (χ4v) is 1.46. The summed E-state index contributed by atoms with van der Waals surface area (Å²) in [6.45, 7) is 0. The van der Waals surface area contributed by atoms with Crippen LogP contribution >= 0.6 is 0 Å². The number of hydrogen-bond acceptors (Lipinski definition) is 2. The Labute approximate surface area is 74.3 Å². The first-order chi connectivity index (χ1) is 5.99. The molecule has 0 radical (unpaired) electrons.